The minimum absolute atomic E-state index is 0.0747. The predicted octanol–water partition coefficient (Wildman–Crippen LogP) is 3.12. The van der Waals surface area contributed by atoms with Gasteiger partial charge < -0.3 is 5.73 Å². The average molecular weight is 245 g/mol. The zero-order valence-corrected chi connectivity index (χ0v) is 10.4. The van der Waals surface area contributed by atoms with E-state index in [0.29, 0.717) is 11.5 Å². The van der Waals surface area contributed by atoms with Gasteiger partial charge in [0.25, 0.3) is 0 Å². The standard InChI is InChI=1S/C14H16FN3/c1-3-9(11-5-6-11)7-10(4-2)13-12(15)8-17-14(16)18-13/h3-4,7-8,11H,1,5-6H2,2H3,(H2,16,17,18)/b9-7+,10-4+. The number of hydrogen-bond acceptors (Lipinski definition) is 3. The molecule has 1 aromatic heterocycles. The summed E-state index contributed by atoms with van der Waals surface area (Å²) in [5, 5.41) is 0. The van der Waals surface area contributed by atoms with E-state index in [2.05, 4.69) is 16.5 Å². The second-order valence-corrected chi connectivity index (χ2v) is 4.29. The van der Waals surface area contributed by atoms with E-state index < -0.39 is 5.82 Å². The smallest absolute Gasteiger partial charge is 0.220 e. The van der Waals surface area contributed by atoms with E-state index in [1.165, 1.54) is 12.8 Å². The van der Waals surface area contributed by atoms with Crippen molar-refractivity contribution in [1.29, 1.82) is 0 Å². The molecule has 18 heavy (non-hydrogen) atoms. The Morgan fingerprint density at radius 3 is 2.83 bits per heavy atom. The topological polar surface area (TPSA) is 51.8 Å². The molecule has 1 aliphatic rings. The fraction of sp³-hybridized carbons (Fsp3) is 0.286. The van der Waals surface area contributed by atoms with Gasteiger partial charge in [0.05, 0.1) is 6.20 Å². The van der Waals surface area contributed by atoms with Crippen LogP contribution in [0, 0.1) is 11.7 Å². The molecule has 0 atom stereocenters. The number of halogens is 1. The van der Waals surface area contributed by atoms with Crippen molar-refractivity contribution in [2.75, 3.05) is 5.73 Å². The van der Waals surface area contributed by atoms with Crippen molar-refractivity contribution in [2.24, 2.45) is 5.92 Å². The number of rotatable bonds is 4. The van der Waals surface area contributed by atoms with Crippen LogP contribution in [-0.4, -0.2) is 9.97 Å². The summed E-state index contributed by atoms with van der Waals surface area (Å²) in [6, 6.07) is 0. The van der Waals surface area contributed by atoms with Crippen molar-refractivity contribution in [1.82, 2.24) is 9.97 Å². The second kappa shape index (κ2) is 5.12. The summed E-state index contributed by atoms with van der Waals surface area (Å²) >= 11 is 0. The Morgan fingerprint density at radius 2 is 2.28 bits per heavy atom. The Bertz CT molecular complexity index is 528. The number of aromatic nitrogens is 2. The van der Waals surface area contributed by atoms with Crippen molar-refractivity contribution in [3.8, 4) is 0 Å². The van der Waals surface area contributed by atoms with Crippen LogP contribution in [0.15, 0.2) is 36.6 Å². The van der Waals surface area contributed by atoms with Gasteiger partial charge in [0, 0.05) is 0 Å². The van der Waals surface area contributed by atoms with Crippen LogP contribution in [0.4, 0.5) is 10.3 Å². The molecule has 0 spiro atoms. The highest BCUT2D eigenvalue weighted by molar-refractivity contribution is 5.73. The van der Waals surface area contributed by atoms with Gasteiger partial charge in [-0.15, -0.1) is 0 Å². The molecule has 0 unspecified atom stereocenters. The molecule has 1 aromatic rings. The quantitative estimate of drug-likeness (QED) is 0.829. The molecule has 1 heterocycles. The van der Waals surface area contributed by atoms with Gasteiger partial charge in [0.2, 0.25) is 5.95 Å². The highest BCUT2D eigenvalue weighted by Crippen LogP contribution is 2.38. The van der Waals surface area contributed by atoms with Crippen molar-refractivity contribution in [3.63, 3.8) is 0 Å². The molecule has 3 nitrogen and oxygen atoms in total. The van der Waals surface area contributed by atoms with E-state index in [-0.39, 0.29) is 11.6 Å². The van der Waals surface area contributed by atoms with Crippen LogP contribution in [0.1, 0.15) is 25.5 Å². The number of nitrogens with two attached hydrogens (primary N) is 1. The molecular formula is C14H16FN3. The lowest BCUT2D eigenvalue weighted by Gasteiger charge is -2.06. The molecule has 0 radical (unpaired) electrons. The third-order valence-corrected chi connectivity index (χ3v) is 2.95. The fourth-order valence-corrected chi connectivity index (χ4v) is 1.81. The molecule has 1 fully saturated rings. The van der Waals surface area contributed by atoms with Gasteiger partial charge in [-0.05, 0) is 42.9 Å². The second-order valence-electron chi connectivity index (χ2n) is 4.29. The maximum absolute atomic E-state index is 13.7. The van der Waals surface area contributed by atoms with Crippen LogP contribution in [0.5, 0.6) is 0 Å². The lowest BCUT2D eigenvalue weighted by Crippen LogP contribution is -2.01. The zero-order valence-electron chi connectivity index (χ0n) is 10.4. The Balaban J connectivity index is 2.39. The van der Waals surface area contributed by atoms with E-state index >= 15 is 0 Å². The summed E-state index contributed by atoms with van der Waals surface area (Å²) in [6.45, 7) is 5.64. The highest BCUT2D eigenvalue weighted by Gasteiger charge is 2.24. The van der Waals surface area contributed by atoms with E-state index in [4.69, 9.17) is 5.73 Å². The Kier molecular flexibility index (Phi) is 3.55. The monoisotopic (exact) mass is 245 g/mol. The Morgan fingerprint density at radius 1 is 1.56 bits per heavy atom. The van der Waals surface area contributed by atoms with Crippen LogP contribution in [0.25, 0.3) is 5.57 Å². The number of hydrogen-bond donors (Lipinski definition) is 1. The largest absolute Gasteiger partial charge is 0.368 e. The van der Waals surface area contributed by atoms with Crippen molar-refractivity contribution in [3.05, 3.63) is 48.1 Å². The zero-order chi connectivity index (χ0) is 13.1. The summed E-state index contributed by atoms with van der Waals surface area (Å²) in [7, 11) is 0. The van der Waals surface area contributed by atoms with Gasteiger partial charge in [-0.3, -0.25) is 0 Å². The SMILES string of the molecule is C=C/C(=C\C(=C/C)c1nc(N)ncc1F)C1CC1. The van der Waals surface area contributed by atoms with E-state index in [1.807, 2.05) is 25.2 Å². The minimum atomic E-state index is -0.465. The lowest BCUT2D eigenvalue weighted by atomic mass is 10.0. The normalized spacial score (nSPS) is 16.8. The first-order valence-electron chi connectivity index (χ1n) is 5.94. The summed E-state index contributed by atoms with van der Waals surface area (Å²) < 4.78 is 13.7. The number of nitrogens with zero attached hydrogens (tertiary/aromatic N) is 2. The van der Waals surface area contributed by atoms with Crippen molar-refractivity contribution in [2.45, 2.75) is 19.8 Å². The fourth-order valence-electron chi connectivity index (χ4n) is 1.81. The maximum Gasteiger partial charge on any atom is 0.220 e. The van der Waals surface area contributed by atoms with E-state index in [0.717, 1.165) is 11.8 Å². The van der Waals surface area contributed by atoms with Gasteiger partial charge >= 0.3 is 0 Å². The molecule has 1 saturated carbocycles. The molecule has 94 valence electrons. The molecule has 0 bridgehead atoms. The van der Waals surface area contributed by atoms with E-state index in [9.17, 15) is 4.39 Å². The van der Waals surface area contributed by atoms with Crippen molar-refractivity contribution < 1.29 is 4.39 Å². The van der Waals surface area contributed by atoms with Crippen LogP contribution < -0.4 is 5.73 Å². The first-order chi connectivity index (χ1) is 8.65. The number of allylic oxidation sites excluding steroid dienone is 5. The van der Waals surface area contributed by atoms with Gasteiger partial charge in [-0.2, -0.15) is 0 Å². The number of anilines is 1. The first-order valence-corrected chi connectivity index (χ1v) is 5.94. The molecule has 4 heteroatoms. The third-order valence-electron chi connectivity index (χ3n) is 2.95. The summed E-state index contributed by atoms with van der Waals surface area (Å²) in [5.74, 6) is 0.165. The minimum Gasteiger partial charge on any atom is -0.368 e. The summed E-state index contributed by atoms with van der Waals surface area (Å²) in [4.78, 5) is 7.58. The van der Waals surface area contributed by atoms with Gasteiger partial charge in [0.1, 0.15) is 5.69 Å². The molecule has 0 aromatic carbocycles. The summed E-state index contributed by atoms with van der Waals surface area (Å²) in [5.41, 5.74) is 7.58. The molecular weight excluding hydrogens is 229 g/mol. The van der Waals surface area contributed by atoms with E-state index in [1.54, 1.807) is 0 Å². The van der Waals surface area contributed by atoms with Crippen LogP contribution >= 0.6 is 0 Å². The molecule has 0 amide bonds. The maximum atomic E-state index is 13.7. The molecule has 2 N–H and O–H groups in total. The number of nitrogen functional groups attached to an aromatic ring is 1. The van der Waals surface area contributed by atoms with Gasteiger partial charge in [-0.25, -0.2) is 14.4 Å². The van der Waals surface area contributed by atoms with Crippen LogP contribution in [0.3, 0.4) is 0 Å². The Hall–Kier alpha value is -1.97. The van der Waals surface area contributed by atoms with Gasteiger partial charge in [0.15, 0.2) is 5.82 Å². The molecule has 2 rings (SSSR count). The van der Waals surface area contributed by atoms with Crippen molar-refractivity contribution >= 4 is 11.5 Å². The van der Waals surface area contributed by atoms with Gasteiger partial charge in [-0.1, -0.05) is 18.7 Å². The van der Waals surface area contributed by atoms with Crippen LogP contribution in [0.2, 0.25) is 0 Å². The predicted molar refractivity (Wildman–Crippen MR) is 71.1 cm³/mol. The highest BCUT2D eigenvalue weighted by atomic mass is 19.1. The van der Waals surface area contributed by atoms with Crippen LogP contribution in [-0.2, 0) is 0 Å². The lowest BCUT2D eigenvalue weighted by molar-refractivity contribution is 0.610. The first kappa shape index (κ1) is 12.5. The Labute approximate surface area is 106 Å². The molecule has 0 saturated heterocycles. The molecule has 1 aliphatic carbocycles. The molecule has 0 aliphatic heterocycles. The third kappa shape index (κ3) is 2.64. The average Bonchev–Trinajstić information content (AvgIpc) is 3.19. The summed E-state index contributed by atoms with van der Waals surface area (Å²) in [6.07, 6.45) is 9.00.